The van der Waals surface area contributed by atoms with E-state index in [-0.39, 0.29) is 11.9 Å². The van der Waals surface area contributed by atoms with Crippen LogP contribution < -0.4 is 5.32 Å². The van der Waals surface area contributed by atoms with Gasteiger partial charge in [0, 0.05) is 5.75 Å². The molecule has 3 rings (SSSR count). The van der Waals surface area contributed by atoms with E-state index in [1.165, 1.54) is 16.3 Å². The van der Waals surface area contributed by atoms with Crippen LogP contribution in [0.15, 0.2) is 72.8 Å². The molecule has 0 heterocycles. The molecule has 0 aliphatic rings. The molecule has 0 aliphatic carbocycles. The Morgan fingerprint density at radius 1 is 0.958 bits per heavy atom. The number of amides is 1. The zero-order chi connectivity index (χ0) is 16.8. The molecule has 122 valence electrons. The van der Waals surface area contributed by atoms with Gasteiger partial charge in [0.05, 0.1) is 11.8 Å². The van der Waals surface area contributed by atoms with Crippen LogP contribution in [0.5, 0.6) is 0 Å². The van der Waals surface area contributed by atoms with Crippen LogP contribution in [0.4, 0.5) is 0 Å². The van der Waals surface area contributed by atoms with Crippen molar-refractivity contribution in [3.8, 4) is 0 Å². The Kier molecular flexibility index (Phi) is 5.55. The number of carbonyl (C=O) groups is 1. The third-order valence-corrected chi connectivity index (χ3v) is 5.02. The lowest BCUT2D eigenvalue weighted by molar-refractivity contribution is -0.119. The molecule has 0 aromatic heterocycles. The molecule has 0 spiro atoms. The van der Waals surface area contributed by atoms with Crippen molar-refractivity contribution in [1.82, 2.24) is 5.32 Å². The summed E-state index contributed by atoms with van der Waals surface area (Å²) in [7, 11) is 0. The van der Waals surface area contributed by atoms with E-state index in [2.05, 4.69) is 41.7 Å². The van der Waals surface area contributed by atoms with Gasteiger partial charge in [0.2, 0.25) is 5.91 Å². The van der Waals surface area contributed by atoms with Gasteiger partial charge in [-0.15, -0.1) is 11.8 Å². The van der Waals surface area contributed by atoms with Gasteiger partial charge >= 0.3 is 0 Å². The first-order valence-corrected chi connectivity index (χ1v) is 9.28. The Labute approximate surface area is 147 Å². The lowest BCUT2D eigenvalue weighted by Gasteiger charge is -2.16. The van der Waals surface area contributed by atoms with E-state index >= 15 is 0 Å². The summed E-state index contributed by atoms with van der Waals surface area (Å²) in [6, 6.07) is 24.8. The summed E-state index contributed by atoms with van der Waals surface area (Å²) in [5.41, 5.74) is 2.41. The van der Waals surface area contributed by atoms with Crippen molar-refractivity contribution >= 4 is 28.4 Å². The maximum atomic E-state index is 12.2. The number of rotatable bonds is 6. The minimum absolute atomic E-state index is 0.000857. The molecule has 0 unspecified atom stereocenters. The van der Waals surface area contributed by atoms with Crippen molar-refractivity contribution < 1.29 is 4.79 Å². The first-order valence-electron chi connectivity index (χ1n) is 8.13. The smallest absolute Gasteiger partial charge is 0.230 e. The fraction of sp³-hybridized carbons (Fsp3) is 0.190. The van der Waals surface area contributed by atoms with Crippen LogP contribution in [0, 0.1) is 0 Å². The van der Waals surface area contributed by atoms with Gasteiger partial charge in [-0.3, -0.25) is 4.79 Å². The number of hydrogen-bond acceptors (Lipinski definition) is 2. The van der Waals surface area contributed by atoms with E-state index in [1.807, 2.05) is 43.3 Å². The maximum Gasteiger partial charge on any atom is 0.230 e. The van der Waals surface area contributed by atoms with Crippen molar-refractivity contribution in [2.75, 3.05) is 5.75 Å². The SMILES string of the molecule is C[C@@H](NC(=O)CSCc1ccccc1)c1cccc2ccccc12. The molecule has 1 atom stereocenters. The second kappa shape index (κ2) is 8.02. The van der Waals surface area contributed by atoms with Crippen molar-refractivity contribution in [2.45, 2.75) is 18.7 Å². The average molecular weight is 335 g/mol. The Bertz CT molecular complexity index is 811. The maximum absolute atomic E-state index is 12.2. The van der Waals surface area contributed by atoms with Crippen molar-refractivity contribution in [1.29, 1.82) is 0 Å². The van der Waals surface area contributed by atoms with Crippen LogP contribution in [0.2, 0.25) is 0 Å². The van der Waals surface area contributed by atoms with Crippen LogP contribution in [0.1, 0.15) is 24.1 Å². The number of benzene rings is 3. The predicted molar refractivity (Wildman–Crippen MR) is 103 cm³/mol. The lowest BCUT2D eigenvalue weighted by Crippen LogP contribution is -2.28. The second-order valence-electron chi connectivity index (χ2n) is 5.84. The van der Waals surface area contributed by atoms with Gasteiger partial charge in [0.15, 0.2) is 0 Å². The molecule has 0 bridgehead atoms. The zero-order valence-electron chi connectivity index (χ0n) is 13.7. The Balaban J connectivity index is 1.57. The molecule has 1 amide bonds. The molecule has 0 saturated heterocycles. The fourth-order valence-electron chi connectivity index (χ4n) is 2.82. The highest BCUT2D eigenvalue weighted by molar-refractivity contribution is 7.99. The highest BCUT2D eigenvalue weighted by Gasteiger charge is 2.12. The van der Waals surface area contributed by atoms with Gasteiger partial charge in [0.25, 0.3) is 0 Å². The number of nitrogens with one attached hydrogen (secondary N) is 1. The van der Waals surface area contributed by atoms with E-state index in [0.717, 1.165) is 11.3 Å². The minimum atomic E-state index is 0.000857. The Hall–Kier alpha value is -2.26. The normalized spacial score (nSPS) is 12.0. The van der Waals surface area contributed by atoms with E-state index < -0.39 is 0 Å². The van der Waals surface area contributed by atoms with E-state index in [9.17, 15) is 4.79 Å². The summed E-state index contributed by atoms with van der Waals surface area (Å²) in [4.78, 5) is 12.2. The highest BCUT2D eigenvalue weighted by atomic mass is 32.2. The van der Waals surface area contributed by atoms with Gasteiger partial charge in [-0.2, -0.15) is 0 Å². The predicted octanol–water partition coefficient (Wildman–Crippen LogP) is 4.95. The van der Waals surface area contributed by atoms with Gasteiger partial charge < -0.3 is 5.32 Å². The second-order valence-corrected chi connectivity index (χ2v) is 6.82. The molecule has 0 fully saturated rings. The number of hydrogen-bond donors (Lipinski definition) is 1. The third-order valence-electron chi connectivity index (χ3n) is 4.01. The van der Waals surface area contributed by atoms with Crippen molar-refractivity contribution in [2.24, 2.45) is 0 Å². The summed E-state index contributed by atoms with van der Waals surface area (Å²) in [6.07, 6.45) is 0. The summed E-state index contributed by atoms with van der Waals surface area (Å²) in [5.74, 6) is 1.41. The van der Waals surface area contributed by atoms with Crippen molar-refractivity contribution in [3.63, 3.8) is 0 Å². The standard InChI is InChI=1S/C21H21NOS/c1-16(19-13-7-11-18-10-5-6-12-20(18)19)22-21(23)15-24-14-17-8-3-2-4-9-17/h2-13,16H,14-15H2,1H3,(H,22,23)/t16-/m1/s1. The molecule has 1 N–H and O–H groups in total. The van der Waals surface area contributed by atoms with Crippen LogP contribution in [0.25, 0.3) is 10.8 Å². The summed E-state index contributed by atoms with van der Waals surface area (Å²) >= 11 is 1.64. The summed E-state index contributed by atoms with van der Waals surface area (Å²) in [6.45, 7) is 2.04. The topological polar surface area (TPSA) is 29.1 Å². The zero-order valence-corrected chi connectivity index (χ0v) is 14.6. The molecule has 0 saturated carbocycles. The molecule has 2 nitrogen and oxygen atoms in total. The average Bonchev–Trinajstić information content (AvgIpc) is 2.62. The molecule has 0 aliphatic heterocycles. The summed E-state index contributed by atoms with van der Waals surface area (Å²) in [5, 5.41) is 5.52. The summed E-state index contributed by atoms with van der Waals surface area (Å²) < 4.78 is 0. The van der Waals surface area contributed by atoms with E-state index in [1.54, 1.807) is 11.8 Å². The number of fused-ring (bicyclic) bond motifs is 1. The molecule has 24 heavy (non-hydrogen) atoms. The van der Waals surface area contributed by atoms with Crippen LogP contribution in [-0.2, 0) is 10.5 Å². The number of thioether (sulfide) groups is 1. The Morgan fingerprint density at radius 3 is 2.50 bits per heavy atom. The first-order chi connectivity index (χ1) is 11.7. The van der Waals surface area contributed by atoms with Crippen LogP contribution >= 0.6 is 11.8 Å². The highest BCUT2D eigenvalue weighted by Crippen LogP contribution is 2.24. The van der Waals surface area contributed by atoms with Gasteiger partial charge in [0.1, 0.15) is 0 Å². The third kappa shape index (κ3) is 4.18. The lowest BCUT2D eigenvalue weighted by atomic mass is 10.00. The largest absolute Gasteiger partial charge is 0.349 e. The van der Waals surface area contributed by atoms with E-state index in [4.69, 9.17) is 0 Å². The van der Waals surface area contributed by atoms with Crippen LogP contribution in [0.3, 0.4) is 0 Å². The molecule has 3 aromatic rings. The monoisotopic (exact) mass is 335 g/mol. The van der Waals surface area contributed by atoms with Gasteiger partial charge in [-0.05, 0) is 28.8 Å². The quantitative estimate of drug-likeness (QED) is 0.690. The van der Waals surface area contributed by atoms with Crippen LogP contribution in [-0.4, -0.2) is 11.7 Å². The molecular weight excluding hydrogens is 314 g/mol. The molecule has 3 heteroatoms. The minimum Gasteiger partial charge on any atom is -0.349 e. The molecule has 0 radical (unpaired) electrons. The number of carbonyl (C=O) groups excluding carboxylic acids is 1. The first kappa shape index (κ1) is 16.6. The molecular formula is C21H21NOS. The fourth-order valence-corrected chi connectivity index (χ4v) is 3.62. The van der Waals surface area contributed by atoms with Gasteiger partial charge in [-0.1, -0.05) is 72.8 Å². The van der Waals surface area contributed by atoms with Crippen molar-refractivity contribution in [3.05, 3.63) is 83.9 Å². The Morgan fingerprint density at radius 2 is 1.67 bits per heavy atom. The van der Waals surface area contributed by atoms with E-state index in [0.29, 0.717) is 5.75 Å². The van der Waals surface area contributed by atoms with Gasteiger partial charge in [-0.25, -0.2) is 0 Å². The molecule has 3 aromatic carbocycles.